The van der Waals surface area contributed by atoms with Crippen LogP contribution in [0.2, 0.25) is 0 Å². The number of hydrogen-bond acceptors (Lipinski definition) is 4. The Kier molecular flexibility index (Phi) is 5.39. The topological polar surface area (TPSA) is 54.3 Å². The Morgan fingerprint density at radius 1 is 1.18 bits per heavy atom. The first kappa shape index (κ1) is 18.6. The summed E-state index contributed by atoms with van der Waals surface area (Å²) in [5.41, 5.74) is 1.60. The van der Waals surface area contributed by atoms with Gasteiger partial charge in [-0.1, -0.05) is 18.2 Å². The quantitative estimate of drug-likeness (QED) is 0.686. The zero-order valence-electron chi connectivity index (χ0n) is 16.6. The van der Waals surface area contributed by atoms with Crippen molar-refractivity contribution in [3.05, 3.63) is 60.3 Å². The first-order chi connectivity index (χ1) is 13.6. The van der Waals surface area contributed by atoms with Gasteiger partial charge in [0.15, 0.2) is 0 Å². The average Bonchev–Trinajstić information content (AvgIpc) is 3.20. The summed E-state index contributed by atoms with van der Waals surface area (Å²) in [5, 5.41) is 0.921. The highest BCUT2D eigenvalue weighted by Gasteiger charge is 2.28. The monoisotopic (exact) mass is 377 g/mol. The third-order valence-corrected chi connectivity index (χ3v) is 5.49. The van der Waals surface area contributed by atoms with Crippen LogP contribution in [-0.2, 0) is 6.54 Å². The van der Waals surface area contributed by atoms with Crippen LogP contribution in [0.5, 0.6) is 0 Å². The van der Waals surface area contributed by atoms with Crippen LogP contribution in [0.3, 0.4) is 0 Å². The van der Waals surface area contributed by atoms with Crippen LogP contribution in [0.15, 0.2) is 48.9 Å². The molecule has 1 atom stereocenters. The molecule has 0 N–H and O–H groups in total. The van der Waals surface area contributed by atoms with Gasteiger partial charge in [-0.25, -0.2) is 4.98 Å². The summed E-state index contributed by atoms with van der Waals surface area (Å²) in [5.74, 6) is 1.47. The molecule has 1 aliphatic heterocycles. The van der Waals surface area contributed by atoms with E-state index in [1.165, 1.54) is 0 Å². The van der Waals surface area contributed by atoms with Gasteiger partial charge in [-0.2, -0.15) is 0 Å². The Balaban J connectivity index is 1.54. The fourth-order valence-corrected chi connectivity index (χ4v) is 4.00. The van der Waals surface area contributed by atoms with Crippen molar-refractivity contribution in [2.45, 2.75) is 25.3 Å². The molecule has 0 saturated carbocycles. The zero-order chi connectivity index (χ0) is 19.5. The van der Waals surface area contributed by atoms with Crippen LogP contribution in [0, 0.1) is 0 Å². The molecule has 3 aromatic rings. The second-order valence-corrected chi connectivity index (χ2v) is 7.75. The van der Waals surface area contributed by atoms with Crippen molar-refractivity contribution in [3.63, 3.8) is 0 Å². The third-order valence-electron chi connectivity index (χ3n) is 5.49. The number of carbonyl (C=O) groups is 1. The van der Waals surface area contributed by atoms with E-state index in [0.29, 0.717) is 6.54 Å². The van der Waals surface area contributed by atoms with E-state index in [0.717, 1.165) is 54.8 Å². The average molecular weight is 377 g/mol. The molecule has 0 radical (unpaired) electrons. The molecule has 0 unspecified atom stereocenters. The molecule has 1 fully saturated rings. The minimum absolute atomic E-state index is 0.0923. The molecule has 4 rings (SSSR count). The van der Waals surface area contributed by atoms with E-state index in [4.69, 9.17) is 0 Å². The first-order valence-corrected chi connectivity index (χ1v) is 9.92. The number of nitrogens with zero attached hydrogens (tertiary/aromatic N) is 5. The number of carbonyl (C=O) groups excluding carboxylic acids is 1. The molecule has 1 aromatic carbocycles. The third kappa shape index (κ3) is 3.78. The Hall–Kier alpha value is -2.73. The highest BCUT2D eigenvalue weighted by Crippen LogP contribution is 2.28. The van der Waals surface area contributed by atoms with E-state index in [-0.39, 0.29) is 11.8 Å². The number of likely N-dealkylation sites (tertiary alicyclic amines) is 1. The SMILES string of the molecule is CN(C)CCn1ccnc1[C@H]1CCCN(C(=O)c2ccnc3ccccc23)C1. The van der Waals surface area contributed by atoms with Crippen molar-refractivity contribution in [3.8, 4) is 0 Å². The van der Waals surface area contributed by atoms with Gasteiger partial charge in [-0.3, -0.25) is 9.78 Å². The smallest absolute Gasteiger partial charge is 0.254 e. The molecule has 28 heavy (non-hydrogen) atoms. The van der Waals surface area contributed by atoms with Crippen molar-refractivity contribution in [2.75, 3.05) is 33.7 Å². The highest BCUT2D eigenvalue weighted by molar-refractivity contribution is 6.06. The predicted octanol–water partition coefficient (Wildman–Crippen LogP) is 3.01. The van der Waals surface area contributed by atoms with Crippen LogP contribution in [-0.4, -0.2) is 64.0 Å². The van der Waals surface area contributed by atoms with Crippen molar-refractivity contribution < 1.29 is 4.79 Å². The Bertz CT molecular complexity index is 959. The summed E-state index contributed by atoms with van der Waals surface area (Å²) in [4.78, 5) is 26.5. The second-order valence-electron chi connectivity index (χ2n) is 7.75. The number of pyridine rings is 1. The molecule has 0 aliphatic carbocycles. The first-order valence-electron chi connectivity index (χ1n) is 9.92. The number of imidazole rings is 1. The van der Waals surface area contributed by atoms with E-state index >= 15 is 0 Å². The number of piperidine rings is 1. The Labute approximate surface area is 165 Å². The number of amides is 1. The van der Waals surface area contributed by atoms with Gasteiger partial charge in [0.2, 0.25) is 0 Å². The number of hydrogen-bond donors (Lipinski definition) is 0. The lowest BCUT2D eigenvalue weighted by atomic mass is 9.96. The molecule has 146 valence electrons. The number of para-hydroxylation sites is 1. The molecule has 6 nitrogen and oxygen atoms in total. The summed E-state index contributed by atoms with van der Waals surface area (Å²) in [6, 6.07) is 9.68. The minimum atomic E-state index is 0.0923. The molecule has 0 spiro atoms. The molecular weight excluding hydrogens is 350 g/mol. The van der Waals surface area contributed by atoms with Crippen molar-refractivity contribution >= 4 is 16.8 Å². The van der Waals surface area contributed by atoms with Crippen LogP contribution in [0.4, 0.5) is 0 Å². The standard InChI is InChI=1S/C22H27N5O/c1-25(2)14-15-26-13-11-24-21(26)17-6-5-12-27(16-17)22(28)19-9-10-23-20-8-4-3-7-18(19)20/h3-4,7-11,13,17H,5-6,12,14-16H2,1-2H3/t17-/m0/s1. The molecular formula is C22H27N5O. The summed E-state index contributed by atoms with van der Waals surface area (Å²) in [6.45, 7) is 3.41. The van der Waals surface area contributed by atoms with E-state index in [9.17, 15) is 4.79 Å². The Morgan fingerprint density at radius 3 is 2.89 bits per heavy atom. The van der Waals surface area contributed by atoms with E-state index < -0.39 is 0 Å². The van der Waals surface area contributed by atoms with Gasteiger partial charge in [0.25, 0.3) is 5.91 Å². The zero-order valence-corrected chi connectivity index (χ0v) is 16.6. The number of fused-ring (bicyclic) bond motifs is 1. The Morgan fingerprint density at radius 2 is 2.04 bits per heavy atom. The van der Waals surface area contributed by atoms with Gasteiger partial charge in [-0.15, -0.1) is 0 Å². The number of benzene rings is 1. The van der Waals surface area contributed by atoms with Crippen molar-refractivity contribution in [2.24, 2.45) is 0 Å². The van der Waals surface area contributed by atoms with Gasteiger partial charge in [-0.05, 0) is 39.1 Å². The number of rotatable bonds is 5. The summed E-state index contributed by atoms with van der Waals surface area (Å²) >= 11 is 0. The summed E-state index contributed by atoms with van der Waals surface area (Å²) < 4.78 is 2.24. The van der Waals surface area contributed by atoms with Crippen molar-refractivity contribution in [1.29, 1.82) is 0 Å². The van der Waals surface area contributed by atoms with Gasteiger partial charge in [0, 0.05) is 56.1 Å². The summed E-state index contributed by atoms with van der Waals surface area (Å²) in [6.07, 6.45) is 7.73. The lowest BCUT2D eigenvalue weighted by molar-refractivity contribution is 0.0705. The maximum Gasteiger partial charge on any atom is 0.254 e. The van der Waals surface area contributed by atoms with Gasteiger partial charge in [0.1, 0.15) is 5.82 Å². The lowest BCUT2D eigenvalue weighted by Crippen LogP contribution is -2.40. The van der Waals surface area contributed by atoms with Crippen LogP contribution < -0.4 is 0 Å². The van der Waals surface area contributed by atoms with E-state index in [1.807, 2.05) is 41.4 Å². The maximum atomic E-state index is 13.3. The lowest BCUT2D eigenvalue weighted by Gasteiger charge is -2.33. The summed E-state index contributed by atoms with van der Waals surface area (Å²) in [7, 11) is 4.16. The van der Waals surface area contributed by atoms with Gasteiger partial charge in [0.05, 0.1) is 11.1 Å². The largest absolute Gasteiger partial charge is 0.338 e. The van der Waals surface area contributed by atoms with Crippen LogP contribution >= 0.6 is 0 Å². The fraction of sp³-hybridized carbons (Fsp3) is 0.409. The maximum absolute atomic E-state index is 13.3. The van der Waals surface area contributed by atoms with Gasteiger partial charge >= 0.3 is 0 Å². The van der Waals surface area contributed by atoms with Crippen LogP contribution in [0.25, 0.3) is 10.9 Å². The van der Waals surface area contributed by atoms with E-state index in [2.05, 4.69) is 39.7 Å². The normalized spacial score (nSPS) is 17.4. The second kappa shape index (κ2) is 8.10. The van der Waals surface area contributed by atoms with Crippen LogP contribution in [0.1, 0.15) is 34.9 Å². The van der Waals surface area contributed by atoms with Crippen molar-refractivity contribution in [1.82, 2.24) is 24.3 Å². The fourth-order valence-electron chi connectivity index (χ4n) is 4.00. The highest BCUT2D eigenvalue weighted by atomic mass is 16.2. The molecule has 2 aromatic heterocycles. The minimum Gasteiger partial charge on any atom is -0.338 e. The molecule has 6 heteroatoms. The molecule has 3 heterocycles. The molecule has 1 saturated heterocycles. The number of likely N-dealkylation sites (N-methyl/N-ethyl adjacent to an activating group) is 1. The van der Waals surface area contributed by atoms with Gasteiger partial charge < -0.3 is 14.4 Å². The molecule has 1 aliphatic rings. The van der Waals surface area contributed by atoms with E-state index in [1.54, 1.807) is 6.20 Å². The predicted molar refractivity (Wildman–Crippen MR) is 110 cm³/mol. The molecule has 1 amide bonds. The number of aromatic nitrogens is 3. The molecule has 0 bridgehead atoms.